The molecule has 7 nitrogen and oxygen atoms in total. The van der Waals surface area contributed by atoms with Crippen LogP contribution in [-0.4, -0.2) is 30.4 Å². The molecule has 0 spiro atoms. The van der Waals surface area contributed by atoms with Crippen molar-refractivity contribution < 1.29 is 23.5 Å². The van der Waals surface area contributed by atoms with Gasteiger partial charge in [0.2, 0.25) is 0 Å². The maximum absolute atomic E-state index is 12.4. The average molecular weight is 398 g/mol. The molecule has 7 heteroatoms. The Bertz CT molecular complexity index is 860. The van der Waals surface area contributed by atoms with Crippen LogP contribution < -0.4 is 10.6 Å². The van der Waals surface area contributed by atoms with Gasteiger partial charge in [0.25, 0.3) is 11.8 Å². The monoisotopic (exact) mass is 398 g/mol. The van der Waals surface area contributed by atoms with Crippen LogP contribution >= 0.6 is 0 Å². The van der Waals surface area contributed by atoms with Gasteiger partial charge in [-0.1, -0.05) is 38.1 Å². The van der Waals surface area contributed by atoms with Crippen LogP contribution in [0.15, 0.2) is 47.1 Å². The first-order valence-corrected chi connectivity index (χ1v) is 9.84. The maximum Gasteiger partial charge on any atom is 0.329 e. The number of hydrogen-bond acceptors (Lipinski definition) is 5. The molecule has 0 bridgehead atoms. The maximum atomic E-state index is 12.4. The lowest BCUT2D eigenvalue weighted by atomic mass is 9.88. The van der Waals surface area contributed by atoms with Crippen LogP contribution in [-0.2, 0) is 20.7 Å². The second-order valence-electron chi connectivity index (χ2n) is 7.49. The summed E-state index contributed by atoms with van der Waals surface area (Å²) in [6.45, 7) is 3.18. The quantitative estimate of drug-likeness (QED) is 0.699. The molecule has 0 aliphatic heterocycles. The van der Waals surface area contributed by atoms with E-state index in [2.05, 4.69) is 16.7 Å². The minimum atomic E-state index is -0.879. The summed E-state index contributed by atoms with van der Waals surface area (Å²) in [4.78, 5) is 36.9. The van der Waals surface area contributed by atoms with Gasteiger partial charge in [-0.3, -0.25) is 9.59 Å². The molecule has 1 aromatic heterocycles. The Labute approximate surface area is 169 Å². The molecule has 1 aliphatic rings. The fraction of sp³-hybridized carbons (Fsp3) is 0.409. The summed E-state index contributed by atoms with van der Waals surface area (Å²) in [5.41, 5.74) is 2.35. The summed E-state index contributed by atoms with van der Waals surface area (Å²) in [7, 11) is 0. The van der Waals surface area contributed by atoms with Crippen molar-refractivity contribution in [3.05, 3.63) is 59.5 Å². The number of ether oxygens (including phenoxy) is 1. The van der Waals surface area contributed by atoms with Crippen LogP contribution in [0.4, 0.5) is 0 Å². The molecule has 0 radical (unpaired) electrons. The van der Waals surface area contributed by atoms with Crippen LogP contribution in [0.2, 0.25) is 0 Å². The molecular weight excluding hydrogens is 372 g/mol. The van der Waals surface area contributed by atoms with E-state index in [4.69, 9.17) is 9.15 Å². The second kappa shape index (κ2) is 9.41. The first-order valence-electron chi connectivity index (χ1n) is 9.84. The van der Waals surface area contributed by atoms with Crippen LogP contribution in [0.5, 0.6) is 0 Å². The molecule has 2 amide bonds. The van der Waals surface area contributed by atoms with E-state index >= 15 is 0 Å². The smallest absolute Gasteiger partial charge is 0.329 e. The average Bonchev–Trinajstić information content (AvgIpc) is 3.25. The van der Waals surface area contributed by atoms with Gasteiger partial charge in [0.05, 0.1) is 12.3 Å². The highest BCUT2D eigenvalue weighted by atomic mass is 16.5. The fourth-order valence-electron chi connectivity index (χ4n) is 3.48. The van der Waals surface area contributed by atoms with E-state index in [9.17, 15) is 14.4 Å². The van der Waals surface area contributed by atoms with Gasteiger partial charge in [-0.15, -0.1) is 0 Å². The standard InChI is InChI=1S/C22H26N2O5/c1-14(2)20(24-21(26)18-11-6-12-28-18)22(27)29-13-19(25)23-17-10-5-8-15-7-3-4-9-16(15)17/h3-4,6-7,9,11-12,14,17,20H,5,8,10,13H2,1-2H3,(H,23,25)(H,24,26)/t17-,20+/m1/s1. The molecule has 0 unspecified atom stereocenters. The van der Waals surface area contributed by atoms with Gasteiger partial charge in [-0.05, 0) is 48.4 Å². The summed E-state index contributed by atoms with van der Waals surface area (Å²) in [5, 5.41) is 5.54. The van der Waals surface area contributed by atoms with Crippen LogP contribution in [0.3, 0.4) is 0 Å². The summed E-state index contributed by atoms with van der Waals surface area (Å²) in [6.07, 6.45) is 4.23. The van der Waals surface area contributed by atoms with Crippen molar-refractivity contribution in [2.24, 2.45) is 5.92 Å². The van der Waals surface area contributed by atoms with Crippen molar-refractivity contribution in [2.75, 3.05) is 6.61 Å². The third-order valence-electron chi connectivity index (χ3n) is 5.00. The predicted octanol–water partition coefficient (Wildman–Crippen LogP) is 2.77. The Morgan fingerprint density at radius 1 is 1.17 bits per heavy atom. The molecule has 2 atom stereocenters. The van der Waals surface area contributed by atoms with E-state index < -0.39 is 24.5 Å². The zero-order valence-electron chi connectivity index (χ0n) is 16.6. The van der Waals surface area contributed by atoms with E-state index in [0.717, 1.165) is 24.8 Å². The lowest BCUT2D eigenvalue weighted by Gasteiger charge is -2.26. The molecule has 2 N–H and O–H groups in total. The molecule has 1 heterocycles. The summed E-state index contributed by atoms with van der Waals surface area (Å²) < 4.78 is 10.2. The number of rotatable bonds is 7. The van der Waals surface area contributed by atoms with Crippen molar-refractivity contribution in [1.82, 2.24) is 10.6 Å². The minimum Gasteiger partial charge on any atom is -0.459 e. The van der Waals surface area contributed by atoms with Gasteiger partial charge in [0, 0.05) is 0 Å². The lowest BCUT2D eigenvalue weighted by Crippen LogP contribution is -2.46. The number of fused-ring (bicyclic) bond motifs is 1. The van der Waals surface area contributed by atoms with Crippen molar-refractivity contribution in [3.8, 4) is 0 Å². The molecule has 29 heavy (non-hydrogen) atoms. The van der Waals surface area contributed by atoms with E-state index in [-0.39, 0.29) is 23.6 Å². The van der Waals surface area contributed by atoms with E-state index in [0.29, 0.717) is 0 Å². The number of furan rings is 1. The van der Waals surface area contributed by atoms with Crippen molar-refractivity contribution in [1.29, 1.82) is 0 Å². The highest BCUT2D eigenvalue weighted by Gasteiger charge is 2.28. The summed E-state index contributed by atoms with van der Waals surface area (Å²) in [6, 6.07) is 10.2. The number of aryl methyl sites for hydroxylation is 1. The molecule has 2 aromatic rings. The van der Waals surface area contributed by atoms with Gasteiger partial charge in [0.15, 0.2) is 12.4 Å². The summed E-state index contributed by atoms with van der Waals surface area (Å²) >= 11 is 0. The Balaban J connectivity index is 1.53. The normalized spacial score (nSPS) is 16.6. The van der Waals surface area contributed by atoms with Crippen molar-refractivity contribution >= 4 is 17.8 Å². The number of amides is 2. The van der Waals surface area contributed by atoms with Gasteiger partial charge in [-0.2, -0.15) is 0 Å². The largest absolute Gasteiger partial charge is 0.459 e. The second-order valence-corrected chi connectivity index (χ2v) is 7.49. The number of hydrogen-bond donors (Lipinski definition) is 2. The Hall–Kier alpha value is -3.09. The predicted molar refractivity (Wildman–Crippen MR) is 106 cm³/mol. The third kappa shape index (κ3) is 5.25. The molecule has 0 saturated carbocycles. The van der Waals surface area contributed by atoms with Gasteiger partial charge < -0.3 is 19.8 Å². The zero-order chi connectivity index (χ0) is 20.8. The van der Waals surface area contributed by atoms with Gasteiger partial charge in [-0.25, -0.2) is 4.79 Å². The van der Waals surface area contributed by atoms with E-state index in [1.54, 1.807) is 19.9 Å². The molecule has 1 aliphatic carbocycles. The van der Waals surface area contributed by atoms with Crippen LogP contribution in [0.25, 0.3) is 0 Å². The molecule has 3 rings (SSSR count). The van der Waals surface area contributed by atoms with Gasteiger partial charge in [0.1, 0.15) is 6.04 Å². The van der Waals surface area contributed by atoms with E-state index in [1.165, 1.54) is 17.9 Å². The molecular formula is C22H26N2O5. The Morgan fingerprint density at radius 3 is 2.69 bits per heavy atom. The summed E-state index contributed by atoms with van der Waals surface area (Å²) in [5.74, 6) is -1.63. The fourth-order valence-corrected chi connectivity index (χ4v) is 3.48. The first kappa shape index (κ1) is 20.6. The van der Waals surface area contributed by atoms with Crippen molar-refractivity contribution in [3.63, 3.8) is 0 Å². The number of esters is 1. The Kier molecular flexibility index (Phi) is 6.69. The molecule has 1 aromatic carbocycles. The molecule has 0 saturated heterocycles. The third-order valence-corrected chi connectivity index (χ3v) is 5.00. The SMILES string of the molecule is CC(C)[C@H](NC(=O)c1ccco1)C(=O)OCC(=O)N[C@@H]1CCCc2ccccc21. The molecule has 154 valence electrons. The Morgan fingerprint density at radius 2 is 1.97 bits per heavy atom. The zero-order valence-corrected chi connectivity index (χ0v) is 16.6. The number of benzene rings is 1. The van der Waals surface area contributed by atoms with Crippen LogP contribution in [0, 0.1) is 5.92 Å². The molecule has 0 fully saturated rings. The minimum absolute atomic E-state index is 0.0781. The number of nitrogens with one attached hydrogen (secondary N) is 2. The van der Waals surface area contributed by atoms with E-state index in [1.807, 2.05) is 18.2 Å². The first-order chi connectivity index (χ1) is 14.0. The van der Waals surface area contributed by atoms with Crippen LogP contribution in [0.1, 0.15) is 54.4 Å². The highest BCUT2D eigenvalue weighted by molar-refractivity contribution is 5.94. The lowest BCUT2D eigenvalue weighted by molar-refractivity contribution is -0.151. The topological polar surface area (TPSA) is 97.6 Å². The number of carbonyl (C=O) groups excluding carboxylic acids is 3. The highest BCUT2D eigenvalue weighted by Crippen LogP contribution is 2.29. The van der Waals surface area contributed by atoms with Crippen molar-refractivity contribution in [2.45, 2.75) is 45.2 Å². The number of carbonyl (C=O) groups is 3. The van der Waals surface area contributed by atoms with Gasteiger partial charge >= 0.3 is 5.97 Å².